The van der Waals surface area contributed by atoms with E-state index in [-0.39, 0.29) is 17.5 Å². The molecule has 11 nitrogen and oxygen atoms in total. The molecule has 48 heavy (non-hydrogen) atoms. The molecule has 1 aromatic heterocycles. The van der Waals surface area contributed by atoms with Gasteiger partial charge in [0, 0.05) is 49.7 Å². The van der Waals surface area contributed by atoms with Gasteiger partial charge in [0.1, 0.15) is 23.4 Å². The number of carbonyl (C=O) groups is 1. The number of nitrogens with one attached hydrogen (secondary N) is 1. The lowest BCUT2D eigenvalue weighted by molar-refractivity contribution is -0.247. The summed E-state index contributed by atoms with van der Waals surface area (Å²) in [4.78, 5) is 27.2. The number of amides is 1. The van der Waals surface area contributed by atoms with Crippen molar-refractivity contribution in [1.29, 1.82) is 0 Å². The fraction of sp³-hybridized carbons (Fsp3) is 0.343. The van der Waals surface area contributed by atoms with Crippen LogP contribution in [0.5, 0.6) is 17.2 Å². The minimum atomic E-state index is -3.03. The van der Waals surface area contributed by atoms with Crippen molar-refractivity contribution in [1.82, 2.24) is 14.9 Å². The van der Waals surface area contributed by atoms with Gasteiger partial charge in [-0.05, 0) is 80.9 Å². The first kappa shape index (κ1) is 34.2. The van der Waals surface area contributed by atoms with Crippen LogP contribution in [0, 0.1) is 20.8 Å². The lowest BCUT2D eigenvalue weighted by atomic mass is 9.88. The number of benzene rings is 3. The summed E-state index contributed by atoms with van der Waals surface area (Å²) in [5, 5.41) is 16.1. The zero-order valence-corrected chi connectivity index (χ0v) is 27.8. The van der Waals surface area contributed by atoms with Crippen LogP contribution in [0.25, 0.3) is 0 Å². The Kier molecular flexibility index (Phi) is 10.5. The van der Waals surface area contributed by atoms with Crippen molar-refractivity contribution in [3.05, 3.63) is 88.6 Å². The highest BCUT2D eigenvalue weighted by molar-refractivity contribution is 5.86. The van der Waals surface area contributed by atoms with Crippen molar-refractivity contribution in [3.63, 3.8) is 0 Å². The Morgan fingerprint density at radius 3 is 2.27 bits per heavy atom. The van der Waals surface area contributed by atoms with Gasteiger partial charge in [-0.2, -0.15) is 13.8 Å². The quantitative estimate of drug-likeness (QED) is 0.222. The SMILES string of the molecule is COc1ccc(OC)c(C(c2c(C)cc(C)cc2C)N(C(=O)[O-])c2ccnc(Nc3ccc(N4CCN(C)CC4)c(OC(F)F)c3)n2)c1. The summed E-state index contributed by atoms with van der Waals surface area (Å²) in [6.45, 7) is 5.67. The zero-order chi connectivity index (χ0) is 34.5. The number of alkyl halides is 2. The van der Waals surface area contributed by atoms with Crippen LogP contribution in [0.2, 0.25) is 0 Å². The standard InChI is InChI=1S/C35H40F2N6O5/c1-21-17-22(2)31(23(3)18-21)32(26-20-25(46-5)8-10-28(26)47-6)43(35(44)45)30-11-12-38-34(40-30)39-24-7-9-27(29(19-24)48-33(36)37)42-15-13-41(4)14-16-42/h7-12,17-20,32-33H,13-16H2,1-6H3,(H,44,45)(H,38,39,40)/p-1. The maximum atomic E-state index is 13.5. The number of halogens is 2. The molecule has 1 saturated heterocycles. The Morgan fingerprint density at radius 2 is 1.65 bits per heavy atom. The number of carboxylic acid groups (broad SMARTS) is 1. The second-order valence-corrected chi connectivity index (χ2v) is 11.7. The van der Waals surface area contributed by atoms with Gasteiger partial charge in [0.05, 0.1) is 25.9 Å². The van der Waals surface area contributed by atoms with Gasteiger partial charge in [-0.15, -0.1) is 0 Å². The van der Waals surface area contributed by atoms with Crippen LogP contribution in [0.3, 0.4) is 0 Å². The number of aryl methyl sites for hydroxylation is 3. The van der Waals surface area contributed by atoms with E-state index < -0.39 is 18.7 Å². The van der Waals surface area contributed by atoms with Crippen molar-refractivity contribution < 1.29 is 32.9 Å². The van der Waals surface area contributed by atoms with Gasteiger partial charge in [-0.3, -0.25) is 0 Å². The smallest absolute Gasteiger partial charge is 0.387 e. The van der Waals surface area contributed by atoms with Crippen molar-refractivity contribution in [3.8, 4) is 17.2 Å². The number of piperazine rings is 1. The summed E-state index contributed by atoms with van der Waals surface area (Å²) in [5.74, 6) is 0.986. The fourth-order valence-electron chi connectivity index (χ4n) is 6.19. The Morgan fingerprint density at radius 1 is 0.938 bits per heavy atom. The fourth-order valence-corrected chi connectivity index (χ4v) is 6.19. The number of hydrogen-bond donors (Lipinski definition) is 1. The molecule has 1 unspecified atom stereocenters. The van der Waals surface area contributed by atoms with Crippen molar-refractivity contribution >= 4 is 29.2 Å². The van der Waals surface area contributed by atoms with E-state index in [1.165, 1.54) is 32.5 Å². The number of hydrogen-bond acceptors (Lipinski definition) is 10. The molecule has 1 N–H and O–H groups in total. The summed E-state index contributed by atoms with van der Waals surface area (Å²) < 4.78 is 43.0. The minimum absolute atomic E-state index is 0.00238. The monoisotopic (exact) mass is 661 g/mol. The molecule has 1 amide bonds. The van der Waals surface area contributed by atoms with Gasteiger partial charge in [0.2, 0.25) is 5.95 Å². The highest BCUT2D eigenvalue weighted by Crippen LogP contribution is 2.42. The molecule has 2 heterocycles. The van der Waals surface area contributed by atoms with Gasteiger partial charge in [0.25, 0.3) is 0 Å². The average molecular weight is 662 g/mol. The van der Waals surface area contributed by atoms with E-state index in [0.717, 1.165) is 40.2 Å². The Balaban J connectivity index is 1.57. The van der Waals surface area contributed by atoms with Crippen LogP contribution in [0.1, 0.15) is 33.9 Å². The normalized spacial score (nSPS) is 14.1. The number of rotatable bonds is 11. The molecule has 5 rings (SSSR count). The molecular weight excluding hydrogens is 622 g/mol. The molecule has 3 aromatic carbocycles. The number of carbonyl (C=O) groups excluding carboxylic acids is 1. The van der Waals surface area contributed by atoms with Gasteiger partial charge >= 0.3 is 6.61 Å². The van der Waals surface area contributed by atoms with E-state index in [1.54, 1.807) is 30.3 Å². The summed E-state index contributed by atoms with van der Waals surface area (Å²) in [6, 6.07) is 14.5. The molecule has 254 valence electrons. The topological polar surface area (TPSA) is 115 Å². The van der Waals surface area contributed by atoms with Gasteiger partial charge in [-0.25, -0.2) is 4.98 Å². The molecule has 1 atom stereocenters. The maximum Gasteiger partial charge on any atom is 0.387 e. The first-order chi connectivity index (χ1) is 23.0. The van der Waals surface area contributed by atoms with Crippen LogP contribution in [0.4, 0.5) is 36.7 Å². The largest absolute Gasteiger partial charge is 0.530 e. The second-order valence-electron chi connectivity index (χ2n) is 11.7. The van der Waals surface area contributed by atoms with Crippen LogP contribution >= 0.6 is 0 Å². The zero-order valence-electron chi connectivity index (χ0n) is 27.8. The lowest BCUT2D eigenvalue weighted by Crippen LogP contribution is -2.45. The van der Waals surface area contributed by atoms with Crippen LogP contribution in [-0.2, 0) is 0 Å². The first-order valence-corrected chi connectivity index (χ1v) is 15.4. The van der Waals surface area contributed by atoms with Gasteiger partial charge in [0.15, 0.2) is 5.75 Å². The third-order valence-electron chi connectivity index (χ3n) is 8.36. The minimum Gasteiger partial charge on any atom is -0.530 e. The summed E-state index contributed by atoms with van der Waals surface area (Å²) in [5.41, 5.74) is 4.88. The van der Waals surface area contributed by atoms with Crippen LogP contribution < -0.4 is 34.4 Å². The summed E-state index contributed by atoms with van der Waals surface area (Å²) in [6.07, 6.45) is -0.108. The Bertz CT molecular complexity index is 1740. The van der Waals surface area contributed by atoms with Crippen LogP contribution in [-0.4, -0.2) is 75.0 Å². The molecule has 0 aliphatic carbocycles. The summed E-state index contributed by atoms with van der Waals surface area (Å²) in [7, 11) is 5.04. The molecule has 0 saturated carbocycles. The summed E-state index contributed by atoms with van der Waals surface area (Å²) >= 11 is 0. The van der Waals surface area contributed by atoms with Gasteiger partial charge in [-0.1, -0.05) is 17.7 Å². The predicted octanol–water partition coefficient (Wildman–Crippen LogP) is 5.46. The van der Waals surface area contributed by atoms with Crippen molar-refractivity contribution in [2.24, 2.45) is 0 Å². The molecular formula is C35H39F2N6O5-. The van der Waals surface area contributed by atoms with Crippen LogP contribution in [0.15, 0.2) is 60.8 Å². The second kappa shape index (κ2) is 14.7. The third kappa shape index (κ3) is 7.52. The number of nitrogens with zero attached hydrogens (tertiary/aromatic N) is 5. The molecule has 0 bridgehead atoms. The predicted molar refractivity (Wildman–Crippen MR) is 178 cm³/mol. The number of anilines is 4. The van der Waals surface area contributed by atoms with E-state index in [2.05, 4.69) is 20.2 Å². The van der Waals surface area contributed by atoms with Crippen molar-refractivity contribution in [2.45, 2.75) is 33.4 Å². The van der Waals surface area contributed by atoms with E-state index >= 15 is 0 Å². The number of likely N-dealkylation sites (N-methyl/N-ethyl adjacent to an activating group) is 1. The highest BCUT2D eigenvalue weighted by Gasteiger charge is 2.31. The lowest BCUT2D eigenvalue weighted by Gasteiger charge is -2.36. The van der Waals surface area contributed by atoms with Crippen molar-refractivity contribution in [2.75, 3.05) is 62.6 Å². The van der Waals surface area contributed by atoms with E-state index in [9.17, 15) is 18.7 Å². The van der Waals surface area contributed by atoms with E-state index in [0.29, 0.717) is 41.5 Å². The molecule has 0 spiro atoms. The third-order valence-corrected chi connectivity index (χ3v) is 8.36. The molecule has 1 fully saturated rings. The van der Waals surface area contributed by atoms with E-state index in [4.69, 9.17) is 14.2 Å². The Hall–Kier alpha value is -5.17. The molecule has 0 radical (unpaired) electrons. The first-order valence-electron chi connectivity index (χ1n) is 15.4. The highest BCUT2D eigenvalue weighted by atomic mass is 19.3. The molecule has 13 heteroatoms. The van der Waals surface area contributed by atoms with E-state index in [1.807, 2.05) is 44.9 Å². The number of ether oxygens (including phenoxy) is 3. The average Bonchev–Trinajstić information content (AvgIpc) is 3.04. The molecule has 1 aliphatic heterocycles. The van der Waals surface area contributed by atoms with Gasteiger partial charge < -0.3 is 44.1 Å². The molecule has 1 aliphatic rings. The Labute approximate surface area is 278 Å². The number of aromatic nitrogens is 2. The maximum absolute atomic E-state index is 13.5. The molecule has 4 aromatic rings. The number of methoxy groups -OCH3 is 2.